The quantitative estimate of drug-likeness (QED) is 0.624. The maximum atomic E-state index is 12.0. The first-order valence-electron chi connectivity index (χ1n) is 6.81. The number of hydrogen-bond acceptors (Lipinski definition) is 2. The predicted molar refractivity (Wildman–Crippen MR) is 58.7 cm³/mol. The van der Waals surface area contributed by atoms with Crippen molar-refractivity contribution in [1.29, 1.82) is 0 Å². The van der Waals surface area contributed by atoms with Crippen molar-refractivity contribution >= 4 is 11.6 Å². The van der Waals surface area contributed by atoms with Crippen LogP contribution in [-0.2, 0) is 9.59 Å². The number of hydrogen-bond donors (Lipinski definition) is 0. The predicted octanol–water partition coefficient (Wildman–Crippen LogP) is 2.22. The van der Waals surface area contributed by atoms with Gasteiger partial charge in [-0.1, -0.05) is 0 Å². The molecule has 16 heavy (non-hydrogen) atoms. The SMILES string of the molecule is O=C1CCC2CC3C(=O)CCC4CC1C2C43. The average molecular weight is 218 g/mol. The van der Waals surface area contributed by atoms with E-state index in [1.165, 1.54) is 0 Å². The number of rotatable bonds is 0. The molecule has 0 bridgehead atoms. The van der Waals surface area contributed by atoms with Gasteiger partial charge in [0, 0.05) is 24.7 Å². The minimum absolute atomic E-state index is 0.352. The molecule has 0 aromatic rings. The Morgan fingerprint density at radius 2 is 1.19 bits per heavy atom. The van der Waals surface area contributed by atoms with Gasteiger partial charge < -0.3 is 0 Å². The van der Waals surface area contributed by atoms with Crippen LogP contribution in [0, 0.1) is 35.5 Å². The zero-order valence-corrected chi connectivity index (χ0v) is 9.52. The third kappa shape index (κ3) is 0.988. The molecule has 86 valence electrons. The van der Waals surface area contributed by atoms with Gasteiger partial charge in [0.25, 0.3) is 0 Å². The Morgan fingerprint density at radius 1 is 0.750 bits per heavy atom. The van der Waals surface area contributed by atoms with E-state index in [0.717, 1.165) is 38.5 Å². The lowest BCUT2D eigenvalue weighted by Crippen LogP contribution is -2.32. The highest BCUT2D eigenvalue weighted by atomic mass is 16.1. The fraction of sp³-hybridized carbons (Fsp3) is 0.857. The smallest absolute Gasteiger partial charge is 0.136 e. The molecule has 0 aliphatic heterocycles. The van der Waals surface area contributed by atoms with Crippen LogP contribution in [0.15, 0.2) is 0 Å². The highest BCUT2D eigenvalue weighted by Gasteiger charge is 2.60. The summed E-state index contributed by atoms with van der Waals surface area (Å²) in [4.78, 5) is 24.0. The third-order valence-corrected chi connectivity index (χ3v) is 5.93. The molecule has 0 aromatic carbocycles. The summed E-state index contributed by atoms with van der Waals surface area (Å²) in [6.45, 7) is 0. The van der Waals surface area contributed by atoms with Crippen molar-refractivity contribution in [2.75, 3.05) is 0 Å². The molecule has 4 aliphatic carbocycles. The maximum Gasteiger partial charge on any atom is 0.136 e. The molecule has 2 heteroatoms. The van der Waals surface area contributed by atoms with E-state index in [1.54, 1.807) is 0 Å². The van der Waals surface area contributed by atoms with Crippen LogP contribution in [0.3, 0.4) is 0 Å². The van der Waals surface area contributed by atoms with Gasteiger partial charge in [0.15, 0.2) is 0 Å². The highest BCUT2D eigenvalue weighted by Crippen LogP contribution is 2.62. The van der Waals surface area contributed by atoms with Crippen molar-refractivity contribution in [3.8, 4) is 0 Å². The fourth-order valence-corrected chi connectivity index (χ4v) is 5.44. The second-order valence-electron chi connectivity index (χ2n) is 6.37. The summed E-state index contributed by atoms with van der Waals surface area (Å²) in [5, 5.41) is 0. The number of carbonyl (C=O) groups excluding carboxylic acids is 2. The van der Waals surface area contributed by atoms with Crippen LogP contribution in [-0.4, -0.2) is 11.6 Å². The van der Waals surface area contributed by atoms with E-state index in [0.29, 0.717) is 47.1 Å². The van der Waals surface area contributed by atoms with E-state index in [-0.39, 0.29) is 0 Å². The van der Waals surface area contributed by atoms with Gasteiger partial charge in [0.05, 0.1) is 0 Å². The maximum absolute atomic E-state index is 12.0. The van der Waals surface area contributed by atoms with Crippen LogP contribution >= 0.6 is 0 Å². The van der Waals surface area contributed by atoms with Gasteiger partial charge in [-0.05, 0) is 49.4 Å². The van der Waals surface area contributed by atoms with E-state index < -0.39 is 0 Å². The summed E-state index contributed by atoms with van der Waals surface area (Å²) >= 11 is 0. The van der Waals surface area contributed by atoms with Crippen molar-refractivity contribution in [2.24, 2.45) is 35.5 Å². The summed E-state index contributed by atoms with van der Waals surface area (Å²) < 4.78 is 0. The lowest BCUT2D eigenvalue weighted by molar-refractivity contribution is -0.128. The molecular formula is C14H18O2. The Bertz CT molecular complexity index is 337. The Morgan fingerprint density at radius 3 is 1.62 bits per heavy atom. The van der Waals surface area contributed by atoms with E-state index in [1.807, 2.05) is 0 Å². The highest BCUT2D eigenvalue weighted by molar-refractivity contribution is 5.86. The molecule has 4 aliphatic rings. The van der Waals surface area contributed by atoms with Gasteiger partial charge in [-0.25, -0.2) is 0 Å². The number of carbonyl (C=O) groups is 2. The Labute approximate surface area is 95.8 Å². The molecule has 0 radical (unpaired) electrons. The van der Waals surface area contributed by atoms with Gasteiger partial charge in [0.2, 0.25) is 0 Å². The van der Waals surface area contributed by atoms with E-state index in [4.69, 9.17) is 0 Å². The van der Waals surface area contributed by atoms with Crippen LogP contribution in [0.1, 0.15) is 38.5 Å². The summed E-state index contributed by atoms with van der Waals surface area (Å²) in [5.74, 6) is 4.39. The average Bonchev–Trinajstić information content (AvgIpc) is 2.83. The van der Waals surface area contributed by atoms with Crippen molar-refractivity contribution in [3.63, 3.8) is 0 Å². The fourth-order valence-electron chi connectivity index (χ4n) is 5.44. The molecular weight excluding hydrogens is 200 g/mol. The second kappa shape index (κ2) is 2.96. The van der Waals surface area contributed by atoms with E-state index in [2.05, 4.69) is 0 Å². The first kappa shape index (κ1) is 9.38. The molecule has 0 aromatic heterocycles. The van der Waals surface area contributed by atoms with Gasteiger partial charge in [-0.2, -0.15) is 0 Å². The summed E-state index contributed by atoms with van der Waals surface area (Å²) in [6, 6.07) is 0. The molecule has 4 saturated carbocycles. The molecule has 6 unspecified atom stereocenters. The van der Waals surface area contributed by atoms with Crippen LogP contribution in [0.5, 0.6) is 0 Å². The van der Waals surface area contributed by atoms with Crippen molar-refractivity contribution in [3.05, 3.63) is 0 Å². The van der Waals surface area contributed by atoms with Gasteiger partial charge in [-0.3, -0.25) is 9.59 Å². The van der Waals surface area contributed by atoms with Crippen molar-refractivity contribution < 1.29 is 9.59 Å². The Balaban J connectivity index is 1.77. The van der Waals surface area contributed by atoms with Gasteiger partial charge >= 0.3 is 0 Å². The molecule has 0 spiro atoms. The van der Waals surface area contributed by atoms with Crippen molar-refractivity contribution in [1.82, 2.24) is 0 Å². The van der Waals surface area contributed by atoms with Crippen LogP contribution in [0.2, 0.25) is 0 Å². The van der Waals surface area contributed by atoms with E-state index >= 15 is 0 Å². The van der Waals surface area contributed by atoms with Crippen LogP contribution < -0.4 is 0 Å². The molecule has 0 amide bonds. The molecule has 6 atom stereocenters. The van der Waals surface area contributed by atoms with Crippen LogP contribution in [0.4, 0.5) is 0 Å². The van der Waals surface area contributed by atoms with Crippen LogP contribution in [0.25, 0.3) is 0 Å². The standard InChI is InChI=1S/C14H18O2/c15-11-3-1-7-5-9-12(16)4-2-8-6-10(11)13(7)14(8)9/h7-10,13-14H,1-6H2. The molecule has 0 saturated heterocycles. The molecule has 4 rings (SSSR count). The topological polar surface area (TPSA) is 34.1 Å². The Hall–Kier alpha value is -0.660. The largest absolute Gasteiger partial charge is 0.299 e. The minimum atomic E-state index is 0.352. The first-order valence-corrected chi connectivity index (χ1v) is 6.81. The number of ketones is 2. The Kier molecular flexibility index (Phi) is 1.74. The van der Waals surface area contributed by atoms with Gasteiger partial charge in [0.1, 0.15) is 11.6 Å². The molecule has 4 fully saturated rings. The summed E-state index contributed by atoms with van der Waals surface area (Å²) in [7, 11) is 0. The molecule has 0 N–H and O–H groups in total. The lowest BCUT2D eigenvalue weighted by Gasteiger charge is -2.30. The van der Waals surface area contributed by atoms with Crippen molar-refractivity contribution in [2.45, 2.75) is 38.5 Å². The lowest BCUT2D eigenvalue weighted by atomic mass is 9.73. The first-order chi connectivity index (χ1) is 7.75. The third-order valence-electron chi connectivity index (χ3n) is 5.93. The zero-order chi connectivity index (χ0) is 10.9. The normalized spacial score (nSPS) is 54.2. The molecule has 2 nitrogen and oxygen atoms in total. The van der Waals surface area contributed by atoms with Gasteiger partial charge in [-0.15, -0.1) is 0 Å². The monoisotopic (exact) mass is 218 g/mol. The molecule has 0 heterocycles. The second-order valence-corrected chi connectivity index (χ2v) is 6.37. The van der Waals surface area contributed by atoms with E-state index in [9.17, 15) is 9.59 Å². The number of Topliss-reactive ketones (excluding diaryl/α,β-unsaturated/α-hetero) is 2. The minimum Gasteiger partial charge on any atom is -0.299 e. The zero-order valence-electron chi connectivity index (χ0n) is 9.52. The summed E-state index contributed by atoms with van der Waals surface area (Å²) in [5.41, 5.74) is 0. The summed E-state index contributed by atoms with van der Waals surface area (Å²) in [6.07, 6.45) is 5.99.